The molecule has 9 aromatic carbocycles. The fourth-order valence-electron chi connectivity index (χ4n) is 9.57. The van der Waals surface area contributed by atoms with Crippen LogP contribution in [0.4, 0.5) is 0 Å². The van der Waals surface area contributed by atoms with Crippen LogP contribution >= 0.6 is 0 Å². The van der Waals surface area contributed by atoms with E-state index in [-0.39, 0.29) is 0 Å². The summed E-state index contributed by atoms with van der Waals surface area (Å²) < 4.78 is 9.20. The Kier molecular flexibility index (Phi) is 7.82. The summed E-state index contributed by atoms with van der Waals surface area (Å²) in [6.07, 6.45) is 3.03. The van der Waals surface area contributed by atoms with Crippen LogP contribution in [-0.2, 0) is 0 Å². The Bertz CT molecular complexity index is 3630. The van der Waals surface area contributed by atoms with Gasteiger partial charge in [-0.15, -0.1) is 0 Å². The van der Waals surface area contributed by atoms with E-state index in [4.69, 9.17) is 9.41 Å². The van der Waals surface area contributed by atoms with Gasteiger partial charge in [0, 0.05) is 45.2 Å². The van der Waals surface area contributed by atoms with Gasteiger partial charge in [0.25, 0.3) is 0 Å². The number of para-hydroxylation sites is 2. The molecule has 3 heterocycles. The minimum absolute atomic E-state index is 0.633. The van der Waals surface area contributed by atoms with Crippen molar-refractivity contribution in [1.82, 2.24) is 4.57 Å². The zero-order chi connectivity index (χ0) is 39.7. The molecule has 282 valence electrons. The first-order valence-corrected chi connectivity index (χ1v) is 20.7. The number of fused-ring (bicyclic) bond motifs is 8. The number of hydrogen-bond acceptors (Lipinski definition) is 2. The summed E-state index contributed by atoms with van der Waals surface area (Å²) in [5, 5.41) is 9.50. The van der Waals surface area contributed by atoms with Gasteiger partial charge >= 0.3 is 0 Å². The molecule has 2 aromatic heterocycles. The monoisotopic (exact) mass is 766 g/mol. The van der Waals surface area contributed by atoms with Gasteiger partial charge in [-0.05, 0) is 92.7 Å². The van der Waals surface area contributed by atoms with E-state index in [0.29, 0.717) is 6.42 Å². The molecule has 1 aliphatic rings. The van der Waals surface area contributed by atoms with Gasteiger partial charge in [0.2, 0.25) is 0 Å². The quantitative estimate of drug-likeness (QED) is 0.172. The third-order valence-corrected chi connectivity index (χ3v) is 12.4. The van der Waals surface area contributed by atoms with E-state index in [2.05, 4.69) is 212 Å². The third-order valence-electron chi connectivity index (χ3n) is 12.4. The summed E-state index contributed by atoms with van der Waals surface area (Å²) in [6.45, 7) is 2.24. The third kappa shape index (κ3) is 5.47. The maximum absolute atomic E-state index is 6.79. The van der Waals surface area contributed by atoms with E-state index < -0.39 is 0 Å². The molecule has 0 unspecified atom stereocenters. The lowest BCUT2D eigenvalue weighted by Crippen LogP contribution is -2.04. The molecule has 0 fully saturated rings. The second kappa shape index (κ2) is 13.7. The van der Waals surface area contributed by atoms with Gasteiger partial charge in [-0.2, -0.15) is 0 Å². The van der Waals surface area contributed by atoms with Gasteiger partial charge in [0.1, 0.15) is 11.2 Å². The molecule has 0 aliphatic carbocycles. The van der Waals surface area contributed by atoms with Crippen LogP contribution in [0.1, 0.15) is 30.0 Å². The number of furan rings is 1. The average Bonchev–Trinajstić information content (AvgIpc) is 3.78. The highest BCUT2D eigenvalue weighted by atomic mass is 16.3. The first-order chi connectivity index (χ1) is 29.7. The SMILES string of the molecule is CC1=C(c2cccc(-c3ccccc3)c2)N=C(c2cc(-n3c4ccccc4c4cc5ccccc5cc43)cc3oc4ccccc4c23)CC=C1c1cccc2ccccc12. The molecule has 0 amide bonds. The van der Waals surface area contributed by atoms with E-state index in [1.165, 1.54) is 49.0 Å². The van der Waals surface area contributed by atoms with Crippen molar-refractivity contribution in [2.45, 2.75) is 13.3 Å². The highest BCUT2D eigenvalue weighted by Crippen LogP contribution is 2.42. The predicted octanol–water partition coefficient (Wildman–Crippen LogP) is 15.4. The molecular formula is C57H38N2O. The van der Waals surface area contributed by atoms with Gasteiger partial charge < -0.3 is 8.98 Å². The van der Waals surface area contributed by atoms with E-state index >= 15 is 0 Å². The van der Waals surface area contributed by atoms with Crippen LogP contribution in [0.25, 0.3) is 93.4 Å². The summed E-state index contributed by atoms with van der Waals surface area (Å²) in [5.74, 6) is 0. The molecular weight excluding hydrogens is 729 g/mol. The largest absolute Gasteiger partial charge is 0.456 e. The molecule has 3 heteroatoms. The first kappa shape index (κ1) is 34.3. The van der Waals surface area contributed by atoms with Gasteiger partial charge in [-0.3, -0.25) is 4.99 Å². The first-order valence-electron chi connectivity index (χ1n) is 20.7. The minimum atomic E-state index is 0.633. The number of nitrogens with zero attached hydrogens (tertiary/aromatic N) is 2. The molecule has 11 aromatic rings. The van der Waals surface area contributed by atoms with Crippen LogP contribution < -0.4 is 0 Å². The molecule has 0 spiro atoms. The second-order valence-electron chi connectivity index (χ2n) is 15.9. The molecule has 12 rings (SSSR count). The van der Waals surface area contributed by atoms with E-state index in [0.717, 1.165) is 72.3 Å². The van der Waals surface area contributed by atoms with E-state index in [9.17, 15) is 0 Å². The van der Waals surface area contributed by atoms with Crippen molar-refractivity contribution in [3.05, 3.63) is 222 Å². The molecule has 0 radical (unpaired) electrons. The highest BCUT2D eigenvalue weighted by Gasteiger charge is 2.24. The van der Waals surface area contributed by atoms with Gasteiger partial charge in [0.15, 0.2) is 0 Å². The van der Waals surface area contributed by atoms with Gasteiger partial charge in [0.05, 0.1) is 28.1 Å². The lowest BCUT2D eigenvalue weighted by Gasteiger charge is -2.15. The van der Waals surface area contributed by atoms with Crippen molar-refractivity contribution in [3.8, 4) is 16.8 Å². The molecule has 3 nitrogen and oxygen atoms in total. The zero-order valence-electron chi connectivity index (χ0n) is 33.1. The van der Waals surface area contributed by atoms with Crippen molar-refractivity contribution < 1.29 is 4.42 Å². The van der Waals surface area contributed by atoms with Gasteiger partial charge in [-0.25, -0.2) is 0 Å². The Morgan fingerprint density at radius 3 is 2.00 bits per heavy atom. The minimum Gasteiger partial charge on any atom is -0.456 e. The predicted molar refractivity (Wildman–Crippen MR) is 253 cm³/mol. The molecule has 0 bridgehead atoms. The topological polar surface area (TPSA) is 30.4 Å². The van der Waals surface area contributed by atoms with E-state index in [1.54, 1.807) is 0 Å². The summed E-state index contributed by atoms with van der Waals surface area (Å²) in [7, 11) is 0. The standard InChI is InChI=1S/C57H38N2O/c1-36-44(46-26-14-20-38-17-7-8-23-45(38)46)29-30-51(58-57(36)42-22-13-21-39(31-42)37-15-3-2-4-16-37)50-34-43(35-55-56(50)48-25-10-12-28-54(48)60-55)59-52-27-11-9-24-47(52)49-32-40-18-5-6-19-41(40)33-53(49)59/h2-29,31-35H,30H2,1H3. The molecule has 1 aliphatic heterocycles. The van der Waals surface area contributed by atoms with Gasteiger partial charge in [-0.1, -0.05) is 158 Å². The lowest BCUT2D eigenvalue weighted by molar-refractivity contribution is 0.668. The smallest absolute Gasteiger partial charge is 0.138 e. The zero-order valence-corrected chi connectivity index (χ0v) is 33.1. The Balaban J connectivity index is 1.15. The summed E-state index contributed by atoms with van der Waals surface area (Å²) in [4.78, 5) is 5.81. The normalized spacial score (nSPS) is 13.5. The van der Waals surface area contributed by atoms with Crippen molar-refractivity contribution in [2.24, 2.45) is 4.99 Å². The number of rotatable bonds is 5. The van der Waals surface area contributed by atoms with Crippen molar-refractivity contribution in [1.29, 1.82) is 0 Å². The number of aromatic nitrogens is 1. The number of allylic oxidation sites excluding steroid dienone is 3. The van der Waals surface area contributed by atoms with Crippen molar-refractivity contribution in [2.75, 3.05) is 0 Å². The fourth-order valence-corrected chi connectivity index (χ4v) is 9.57. The number of hydrogen-bond donors (Lipinski definition) is 0. The average molecular weight is 767 g/mol. The Labute approximate surface area is 347 Å². The van der Waals surface area contributed by atoms with Crippen molar-refractivity contribution >= 4 is 82.3 Å². The number of benzene rings is 9. The van der Waals surface area contributed by atoms with Crippen molar-refractivity contribution in [3.63, 3.8) is 0 Å². The Hall–Kier alpha value is -7.75. The molecule has 0 saturated carbocycles. The highest BCUT2D eigenvalue weighted by molar-refractivity contribution is 6.22. The van der Waals surface area contributed by atoms with Crippen LogP contribution in [-0.4, -0.2) is 10.3 Å². The second-order valence-corrected chi connectivity index (χ2v) is 15.9. The van der Waals surface area contributed by atoms with Crippen LogP contribution in [0.2, 0.25) is 0 Å². The molecule has 60 heavy (non-hydrogen) atoms. The molecule has 0 N–H and O–H groups in total. The Morgan fingerprint density at radius 1 is 0.467 bits per heavy atom. The molecule has 0 saturated heterocycles. The maximum atomic E-state index is 6.79. The van der Waals surface area contributed by atoms with Crippen LogP contribution in [0.5, 0.6) is 0 Å². The van der Waals surface area contributed by atoms with Crippen LogP contribution in [0.3, 0.4) is 0 Å². The van der Waals surface area contributed by atoms with Crippen LogP contribution in [0, 0.1) is 0 Å². The Morgan fingerprint density at radius 2 is 1.13 bits per heavy atom. The fraction of sp³-hybridized carbons (Fsp3) is 0.0351. The van der Waals surface area contributed by atoms with E-state index in [1.807, 2.05) is 0 Å². The summed E-state index contributed by atoms with van der Waals surface area (Å²) in [5.41, 5.74) is 15.1. The number of aliphatic imine (C=N–C) groups is 1. The summed E-state index contributed by atoms with van der Waals surface area (Å²) >= 11 is 0. The lowest BCUT2D eigenvalue weighted by atomic mass is 9.90. The maximum Gasteiger partial charge on any atom is 0.138 e. The summed E-state index contributed by atoms with van der Waals surface area (Å²) in [6, 6.07) is 69.8. The van der Waals surface area contributed by atoms with Crippen LogP contribution in [0.15, 0.2) is 215 Å². The molecule has 0 atom stereocenters.